The average molecular weight is 362 g/mol. The molecule has 0 saturated carbocycles. The topological polar surface area (TPSA) is 30.5 Å². The van der Waals surface area contributed by atoms with Crippen LogP contribution in [0.15, 0.2) is 24.3 Å². The lowest BCUT2D eigenvalue weighted by atomic mass is 9.75. The fourth-order valence-corrected chi connectivity index (χ4v) is 4.11. The van der Waals surface area contributed by atoms with Crippen molar-refractivity contribution in [3.8, 4) is 5.75 Å². The maximum Gasteiger partial charge on any atom is 0.118 e. The molecule has 2 atom stereocenters. The molecule has 1 aromatic carbocycles. The lowest BCUT2D eigenvalue weighted by Crippen LogP contribution is -2.37. The molecule has 2 rings (SSSR count). The number of benzene rings is 1. The Morgan fingerprint density at radius 3 is 2.50 bits per heavy atom. The van der Waals surface area contributed by atoms with Gasteiger partial charge in [0.15, 0.2) is 0 Å². The van der Waals surface area contributed by atoms with E-state index < -0.39 is 0 Å². The Morgan fingerprint density at radius 1 is 1.15 bits per heavy atom. The fraction of sp³-hybridized carbons (Fsp3) is 0.739. The molecule has 0 spiro atoms. The maximum atomic E-state index is 5.95. The molecule has 1 aliphatic heterocycles. The van der Waals surface area contributed by atoms with E-state index in [0.717, 1.165) is 43.2 Å². The molecule has 1 aliphatic rings. The van der Waals surface area contributed by atoms with E-state index in [0.29, 0.717) is 0 Å². The van der Waals surface area contributed by atoms with E-state index in [4.69, 9.17) is 9.47 Å². The number of methoxy groups -OCH3 is 1. The van der Waals surface area contributed by atoms with E-state index in [1.165, 1.54) is 37.7 Å². The van der Waals surface area contributed by atoms with E-state index in [1.807, 2.05) is 12.1 Å². The van der Waals surface area contributed by atoms with Crippen LogP contribution >= 0.6 is 0 Å². The van der Waals surface area contributed by atoms with Crippen molar-refractivity contribution in [2.24, 2.45) is 17.8 Å². The molecule has 1 N–H and O–H groups in total. The number of hydrogen-bond acceptors (Lipinski definition) is 3. The second kappa shape index (κ2) is 10.3. The van der Waals surface area contributed by atoms with Gasteiger partial charge >= 0.3 is 0 Å². The Hall–Kier alpha value is -1.06. The van der Waals surface area contributed by atoms with Crippen molar-refractivity contribution in [1.82, 2.24) is 5.32 Å². The third-order valence-corrected chi connectivity index (χ3v) is 5.70. The van der Waals surface area contributed by atoms with Crippen molar-refractivity contribution in [2.45, 2.75) is 71.9 Å². The van der Waals surface area contributed by atoms with Crippen molar-refractivity contribution >= 4 is 0 Å². The first-order chi connectivity index (χ1) is 12.4. The van der Waals surface area contributed by atoms with E-state index in [2.05, 4.69) is 45.1 Å². The van der Waals surface area contributed by atoms with Crippen LogP contribution < -0.4 is 10.1 Å². The van der Waals surface area contributed by atoms with Crippen molar-refractivity contribution in [3.63, 3.8) is 0 Å². The molecular weight excluding hydrogens is 322 g/mol. The van der Waals surface area contributed by atoms with E-state index in [9.17, 15) is 0 Å². The largest absolute Gasteiger partial charge is 0.497 e. The highest BCUT2D eigenvalue weighted by molar-refractivity contribution is 5.26. The van der Waals surface area contributed by atoms with Gasteiger partial charge in [-0.15, -0.1) is 0 Å². The minimum atomic E-state index is 0.0511. The van der Waals surface area contributed by atoms with Gasteiger partial charge in [-0.2, -0.15) is 0 Å². The van der Waals surface area contributed by atoms with Crippen molar-refractivity contribution in [3.05, 3.63) is 29.8 Å². The molecule has 3 heteroatoms. The first-order valence-electron chi connectivity index (χ1n) is 10.4. The quantitative estimate of drug-likeness (QED) is 0.563. The summed E-state index contributed by atoms with van der Waals surface area (Å²) in [5.74, 6) is 3.33. The van der Waals surface area contributed by atoms with Gasteiger partial charge in [-0.05, 0) is 81.5 Å². The summed E-state index contributed by atoms with van der Waals surface area (Å²) in [6, 6.07) is 8.35. The first kappa shape index (κ1) is 21.2. The molecule has 2 unspecified atom stereocenters. The fourth-order valence-electron chi connectivity index (χ4n) is 4.11. The molecule has 1 fully saturated rings. The van der Waals surface area contributed by atoms with Crippen LogP contribution in [0.1, 0.15) is 65.4 Å². The van der Waals surface area contributed by atoms with Gasteiger partial charge in [0, 0.05) is 13.2 Å². The normalized spacial score (nSPS) is 20.9. The van der Waals surface area contributed by atoms with Gasteiger partial charge in [-0.1, -0.05) is 32.4 Å². The highest BCUT2D eigenvalue weighted by Crippen LogP contribution is 2.37. The summed E-state index contributed by atoms with van der Waals surface area (Å²) in [6.45, 7) is 12.1. The molecule has 148 valence electrons. The third kappa shape index (κ3) is 7.28. The Labute approximate surface area is 160 Å². The van der Waals surface area contributed by atoms with Crippen LogP contribution in [0.5, 0.6) is 5.75 Å². The molecule has 0 aliphatic carbocycles. The molecule has 0 aromatic heterocycles. The molecule has 1 saturated heterocycles. The lowest BCUT2D eigenvalue weighted by Gasteiger charge is -2.39. The highest BCUT2D eigenvalue weighted by atomic mass is 16.5. The zero-order chi connectivity index (χ0) is 19.0. The number of rotatable bonds is 10. The molecule has 0 bridgehead atoms. The summed E-state index contributed by atoms with van der Waals surface area (Å²) < 4.78 is 11.2. The zero-order valence-electron chi connectivity index (χ0n) is 17.5. The Balaban J connectivity index is 1.81. The lowest BCUT2D eigenvalue weighted by molar-refractivity contribution is -0.0839. The average Bonchev–Trinajstić information content (AvgIpc) is 2.60. The van der Waals surface area contributed by atoms with Gasteiger partial charge in [-0.3, -0.25) is 0 Å². The summed E-state index contributed by atoms with van der Waals surface area (Å²) in [6.07, 6.45) is 6.38. The standard InChI is InChI=1S/C23H39NO2/c1-18(2)6-9-20(21-13-15-26-23(3,4)16-21)12-14-24-17-19-7-10-22(25-5)11-8-19/h7-8,10-11,18,20-21,24H,6,9,12-17H2,1-5H3. The molecule has 26 heavy (non-hydrogen) atoms. The van der Waals surface area contributed by atoms with Crippen LogP contribution in [0, 0.1) is 17.8 Å². The summed E-state index contributed by atoms with van der Waals surface area (Å²) in [7, 11) is 1.71. The molecule has 0 radical (unpaired) electrons. The summed E-state index contributed by atoms with van der Waals surface area (Å²) in [5, 5.41) is 3.65. The van der Waals surface area contributed by atoms with Gasteiger partial charge in [0.05, 0.1) is 12.7 Å². The predicted molar refractivity (Wildman–Crippen MR) is 110 cm³/mol. The summed E-state index contributed by atoms with van der Waals surface area (Å²) in [5.41, 5.74) is 1.37. The monoisotopic (exact) mass is 361 g/mol. The Bertz CT molecular complexity index is 509. The van der Waals surface area contributed by atoms with Crippen molar-refractivity contribution in [2.75, 3.05) is 20.3 Å². The minimum Gasteiger partial charge on any atom is -0.497 e. The van der Waals surface area contributed by atoms with E-state index in [-0.39, 0.29) is 5.60 Å². The van der Waals surface area contributed by atoms with Crippen LogP contribution in [0.2, 0.25) is 0 Å². The third-order valence-electron chi connectivity index (χ3n) is 5.70. The number of hydrogen-bond donors (Lipinski definition) is 1. The van der Waals surface area contributed by atoms with E-state index in [1.54, 1.807) is 7.11 Å². The van der Waals surface area contributed by atoms with Crippen LogP contribution in [0.4, 0.5) is 0 Å². The Morgan fingerprint density at radius 2 is 1.88 bits per heavy atom. The number of ether oxygens (including phenoxy) is 2. The summed E-state index contributed by atoms with van der Waals surface area (Å²) in [4.78, 5) is 0. The van der Waals surface area contributed by atoms with Crippen LogP contribution in [-0.4, -0.2) is 25.9 Å². The van der Waals surface area contributed by atoms with Gasteiger partial charge in [-0.25, -0.2) is 0 Å². The number of nitrogens with one attached hydrogen (secondary N) is 1. The second-order valence-electron chi connectivity index (χ2n) is 8.91. The molecule has 1 heterocycles. The van der Waals surface area contributed by atoms with Crippen LogP contribution in [-0.2, 0) is 11.3 Å². The second-order valence-corrected chi connectivity index (χ2v) is 8.91. The van der Waals surface area contributed by atoms with Crippen molar-refractivity contribution in [1.29, 1.82) is 0 Å². The van der Waals surface area contributed by atoms with Crippen LogP contribution in [0.25, 0.3) is 0 Å². The zero-order valence-corrected chi connectivity index (χ0v) is 17.5. The van der Waals surface area contributed by atoms with Crippen LogP contribution in [0.3, 0.4) is 0 Å². The highest BCUT2D eigenvalue weighted by Gasteiger charge is 2.33. The Kier molecular flexibility index (Phi) is 8.43. The maximum absolute atomic E-state index is 5.95. The van der Waals surface area contributed by atoms with E-state index >= 15 is 0 Å². The summed E-state index contributed by atoms with van der Waals surface area (Å²) >= 11 is 0. The van der Waals surface area contributed by atoms with Gasteiger partial charge in [0.1, 0.15) is 5.75 Å². The van der Waals surface area contributed by atoms with Gasteiger partial charge in [0.25, 0.3) is 0 Å². The molecule has 3 nitrogen and oxygen atoms in total. The minimum absolute atomic E-state index is 0.0511. The molecule has 1 aromatic rings. The molecular formula is C23H39NO2. The SMILES string of the molecule is COc1ccc(CNCCC(CCC(C)C)C2CCOC(C)(C)C2)cc1. The smallest absolute Gasteiger partial charge is 0.118 e. The first-order valence-corrected chi connectivity index (χ1v) is 10.4. The predicted octanol–water partition coefficient (Wildman–Crippen LogP) is 5.43. The van der Waals surface area contributed by atoms with Gasteiger partial charge in [0.2, 0.25) is 0 Å². The molecule has 0 amide bonds. The van der Waals surface area contributed by atoms with Crippen molar-refractivity contribution < 1.29 is 9.47 Å². The van der Waals surface area contributed by atoms with Gasteiger partial charge < -0.3 is 14.8 Å².